The van der Waals surface area contributed by atoms with Gasteiger partial charge in [-0.2, -0.15) is 0 Å². The quantitative estimate of drug-likeness (QED) is 0.799. The number of nitrogens with one attached hydrogen (secondary N) is 1. The van der Waals surface area contributed by atoms with Gasteiger partial charge in [-0.25, -0.2) is 0 Å². The van der Waals surface area contributed by atoms with Gasteiger partial charge in [0.05, 0.1) is 12.8 Å². The molecule has 1 aliphatic rings. The highest BCUT2D eigenvalue weighted by Crippen LogP contribution is 2.31. The molecule has 1 fully saturated rings. The van der Waals surface area contributed by atoms with E-state index in [1.165, 1.54) is 12.8 Å². The van der Waals surface area contributed by atoms with Crippen LogP contribution in [0.15, 0.2) is 22.8 Å². The molecule has 0 bridgehead atoms. The van der Waals surface area contributed by atoms with E-state index >= 15 is 0 Å². The average molecular weight is 222 g/mol. The minimum absolute atomic E-state index is 0.726. The summed E-state index contributed by atoms with van der Waals surface area (Å²) in [4.78, 5) is 2.42. The van der Waals surface area contributed by atoms with Crippen LogP contribution in [0.25, 0.3) is 0 Å². The van der Waals surface area contributed by atoms with Crippen LogP contribution in [-0.4, -0.2) is 31.1 Å². The topological polar surface area (TPSA) is 28.4 Å². The van der Waals surface area contributed by atoms with Gasteiger partial charge in [0.25, 0.3) is 0 Å². The van der Waals surface area contributed by atoms with E-state index in [0.29, 0.717) is 0 Å². The van der Waals surface area contributed by atoms with Crippen molar-refractivity contribution >= 4 is 0 Å². The normalized spacial score (nSPS) is 24.7. The van der Waals surface area contributed by atoms with Gasteiger partial charge in [-0.15, -0.1) is 0 Å². The highest BCUT2D eigenvalue weighted by Gasteiger charge is 2.33. The molecule has 3 heteroatoms. The van der Waals surface area contributed by atoms with E-state index in [9.17, 15) is 0 Å². The van der Waals surface area contributed by atoms with E-state index in [4.69, 9.17) is 4.42 Å². The fourth-order valence-corrected chi connectivity index (χ4v) is 2.47. The van der Waals surface area contributed by atoms with Crippen LogP contribution in [0.3, 0.4) is 0 Å². The molecule has 3 nitrogen and oxygen atoms in total. The van der Waals surface area contributed by atoms with Crippen molar-refractivity contribution in [2.24, 2.45) is 5.92 Å². The molecule has 16 heavy (non-hydrogen) atoms. The molecule has 1 saturated carbocycles. The third-order valence-electron chi connectivity index (χ3n) is 3.59. The molecular weight excluding hydrogens is 200 g/mol. The Bertz CT molecular complexity index is 297. The first-order chi connectivity index (χ1) is 7.81. The number of nitrogens with zero attached hydrogens (tertiary/aromatic N) is 1. The van der Waals surface area contributed by atoms with Gasteiger partial charge in [0.15, 0.2) is 0 Å². The van der Waals surface area contributed by atoms with Gasteiger partial charge in [0.2, 0.25) is 0 Å². The molecular formula is C13H22N2O. The molecule has 1 aliphatic carbocycles. The second-order valence-electron chi connectivity index (χ2n) is 4.71. The van der Waals surface area contributed by atoms with Crippen molar-refractivity contribution in [2.45, 2.75) is 32.4 Å². The highest BCUT2D eigenvalue weighted by molar-refractivity contribution is 4.99. The standard InChI is InChI=1S/C13H22N2O/c1-3-14-9-11-6-7-13(11)15(2)10-12-5-4-8-16-12/h4-5,8,11,13-14H,3,6-7,9-10H2,1-2H3. The summed E-state index contributed by atoms with van der Waals surface area (Å²) in [6.45, 7) is 5.33. The van der Waals surface area contributed by atoms with Crippen LogP contribution < -0.4 is 5.32 Å². The fraction of sp³-hybridized carbons (Fsp3) is 0.692. The molecule has 1 aromatic rings. The van der Waals surface area contributed by atoms with Gasteiger partial charge in [-0.1, -0.05) is 6.92 Å². The van der Waals surface area contributed by atoms with Crippen molar-refractivity contribution in [2.75, 3.05) is 20.1 Å². The van der Waals surface area contributed by atoms with Crippen LogP contribution in [0.4, 0.5) is 0 Å². The first-order valence-corrected chi connectivity index (χ1v) is 6.24. The minimum atomic E-state index is 0.726. The second kappa shape index (κ2) is 5.51. The summed E-state index contributed by atoms with van der Waals surface area (Å²) in [6.07, 6.45) is 4.44. The maximum Gasteiger partial charge on any atom is 0.117 e. The van der Waals surface area contributed by atoms with Gasteiger partial charge >= 0.3 is 0 Å². The highest BCUT2D eigenvalue weighted by atomic mass is 16.3. The maximum absolute atomic E-state index is 5.38. The molecule has 0 aromatic carbocycles. The molecule has 0 radical (unpaired) electrons. The molecule has 0 spiro atoms. The van der Waals surface area contributed by atoms with Crippen LogP contribution in [0, 0.1) is 5.92 Å². The zero-order valence-electron chi connectivity index (χ0n) is 10.3. The molecule has 0 aliphatic heterocycles. The van der Waals surface area contributed by atoms with Crippen LogP contribution in [0.5, 0.6) is 0 Å². The maximum atomic E-state index is 5.38. The summed E-state index contributed by atoms with van der Waals surface area (Å²) in [7, 11) is 2.20. The number of furan rings is 1. The second-order valence-corrected chi connectivity index (χ2v) is 4.71. The first-order valence-electron chi connectivity index (χ1n) is 6.24. The Morgan fingerprint density at radius 3 is 2.94 bits per heavy atom. The Balaban J connectivity index is 1.78. The summed E-state index contributed by atoms with van der Waals surface area (Å²) >= 11 is 0. The Morgan fingerprint density at radius 1 is 1.50 bits per heavy atom. The van der Waals surface area contributed by atoms with Crippen LogP contribution >= 0.6 is 0 Å². The molecule has 90 valence electrons. The molecule has 0 saturated heterocycles. The van der Waals surface area contributed by atoms with Crippen LogP contribution in [0.1, 0.15) is 25.5 Å². The summed E-state index contributed by atoms with van der Waals surface area (Å²) in [5, 5.41) is 3.44. The molecule has 1 heterocycles. The Kier molecular flexibility index (Phi) is 4.02. The largest absolute Gasteiger partial charge is 0.468 e. The smallest absolute Gasteiger partial charge is 0.117 e. The van der Waals surface area contributed by atoms with Crippen LogP contribution in [0.2, 0.25) is 0 Å². The summed E-state index contributed by atoms with van der Waals surface area (Å²) in [6, 6.07) is 4.73. The summed E-state index contributed by atoms with van der Waals surface area (Å²) in [5.74, 6) is 1.89. The molecule has 1 N–H and O–H groups in total. The zero-order chi connectivity index (χ0) is 11.4. The predicted octanol–water partition coefficient (Wildman–Crippen LogP) is 2.10. The Morgan fingerprint density at radius 2 is 2.38 bits per heavy atom. The Hall–Kier alpha value is -0.800. The van der Waals surface area contributed by atoms with E-state index in [1.54, 1.807) is 6.26 Å². The molecule has 2 unspecified atom stereocenters. The number of rotatable bonds is 6. The number of hydrogen-bond acceptors (Lipinski definition) is 3. The van der Waals surface area contributed by atoms with E-state index in [0.717, 1.165) is 37.4 Å². The van der Waals surface area contributed by atoms with Crippen molar-refractivity contribution in [3.05, 3.63) is 24.2 Å². The van der Waals surface area contributed by atoms with Crippen molar-refractivity contribution in [1.29, 1.82) is 0 Å². The van der Waals surface area contributed by atoms with Crippen molar-refractivity contribution in [1.82, 2.24) is 10.2 Å². The number of hydrogen-bond donors (Lipinski definition) is 1. The minimum Gasteiger partial charge on any atom is -0.468 e. The first kappa shape index (κ1) is 11.7. The molecule has 0 amide bonds. The SMILES string of the molecule is CCNCC1CCC1N(C)Cc1ccco1. The van der Waals surface area contributed by atoms with Gasteiger partial charge in [-0.3, -0.25) is 4.90 Å². The van der Waals surface area contributed by atoms with Gasteiger partial charge in [0, 0.05) is 6.04 Å². The third-order valence-corrected chi connectivity index (χ3v) is 3.59. The Labute approximate surface area is 97.8 Å². The van der Waals surface area contributed by atoms with Gasteiger partial charge in [0.1, 0.15) is 5.76 Å². The van der Waals surface area contributed by atoms with Gasteiger partial charge < -0.3 is 9.73 Å². The van der Waals surface area contributed by atoms with Crippen LogP contribution in [-0.2, 0) is 6.54 Å². The predicted molar refractivity (Wildman–Crippen MR) is 65.2 cm³/mol. The summed E-state index contributed by atoms with van der Waals surface area (Å²) in [5.41, 5.74) is 0. The molecule has 2 atom stereocenters. The lowest BCUT2D eigenvalue weighted by Gasteiger charge is -2.42. The van der Waals surface area contributed by atoms with E-state index in [1.807, 2.05) is 6.07 Å². The van der Waals surface area contributed by atoms with E-state index < -0.39 is 0 Å². The van der Waals surface area contributed by atoms with Crippen molar-refractivity contribution in [3.63, 3.8) is 0 Å². The third kappa shape index (κ3) is 2.66. The van der Waals surface area contributed by atoms with Gasteiger partial charge in [-0.05, 0) is 51.0 Å². The molecule has 2 rings (SSSR count). The fourth-order valence-electron chi connectivity index (χ4n) is 2.47. The van der Waals surface area contributed by atoms with Crippen molar-refractivity contribution < 1.29 is 4.42 Å². The monoisotopic (exact) mass is 222 g/mol. The molecule has 1 aromatic heterocycles. The lowest BCUT2D eigenvalue weighted by atomic mass is 9.78. The van der Waals surface area contributed by atoms with E-state index in [-0.39, 0.29) is 0 Å². The van der Waals surface area contributed by atoms with Crippen molar-refractivity contribution in [3.8, 4) is 0 Å². The lowest BCUT2D eigenvalue weighted by molar-refractivity contribution is 0.0731. The lowest BCUT2D eigenvalue weighted by Crippen LogP contribution is -2.48. The average Bonchev–Trinajstić information content (AvgIpc) is 2.69. The summed E-state index contributed by atoms with van der Waals surface area (Å²) < 4.78 is 5.38. The zero-order valence-corrected chi connectivity index (χ0v) is 10.3. The van der Waals surface area contributed by atoms with E-state index in [2.05, 4.69) is 30.3 Å².